The molecule has 1 fully saturated rings. The van der Waals surface area contributed by atoms with Crippen LogP contribution < -0.4 is 18.9 Å². The van der Waals surface area contributed by atoms with Gasteiger partial charge in [-0.15, -0.1) is 0 Å². The Bertz CT molecular complexity index is 85.3. The van der Waals surface area contributed by atoms with Crippen molar-refractivity contribution in [2.24, 2.45) is 11.8 Å². The van der Waals surface area contributed by atoms with Crippen LogP contribution >= 0.6 is 0 Å². The van der Waals surface area contributed by atoms with Crippen molar-refractivity contribution in [3.63, 3.8) is 0 Å². The van der Waals surface area contributed by atoms with Crippen LogP contribution in [0.4, 0.5) is 0 Å². The first-order valence-electron chi connectivity index (χ1n) is 3.90. The van der Waals surface area contributed by atoms with Gasteiger partial charge < -0.3 is 5.11 Å². The van der Waals surface area contributed by atoms with Crippen molar-refractivity contribution >= 4 is 0 Å². The summed E-state index contributed by atoms with van der Waals surface area (Å²) < 4.78 is 0. The molecule has 1 aliphatic carbocycles. The third-order valence-corrected chi connectivity index (χ3v) is 2.66. The molecule has 0 aromatic carbocycles. The van der Waals surface area contributed by atoms with Crippen molar-refractivity contribution in [2.75, 3.05) is 0 Å². The summed E-state index contributed by atoms with van der Waals surface area (Å²) in [6.45, 7) is 4.38. The fourth-order valence-electron chi connectivity index (χ4n) is 1.55. The van der Waals surface area contributed by atoms with E-state index in [1.165, 1.54) is 12.8 Å². The van der Waals surface area contributed by atoms with E-state index in [-0.39, 0.29) is 25.0 Å². The Balaban J connectivity index is 0.000000810. The predicted molar refractivity (Wildman–Crippen MR) is 38.2 cm³/mol. The number of aliphatic hydroxyl groups is 1. The van der Waals surface area contributed by atoms with Crippen LogP contribution in [-0.2, 0) is 0 Å². The SMILES string of the molecule is CC1CCCC(O)C1C.[Li+]. The van der Waals surface area contributed by atoms with Crippen molar-refractivity contribution in [3.8, 4) is 0 Å². The van der Waals surface area contributed by atoms with Gasteiger partial charge in [-0.1, -0.05) is 26.7 Å². The van der Waals surface area contributed by atoms with Crippen LogP contribution in [0.1, 0.15) is 33.1 Å². The van der Waals surface area contributed by atoms with E-state index in [1.54, 1.807) is 0 Å². The number of rotatable bonds is 0. The number of hydrogen-bond donors (Lipinski definition) is 1. The summed E-state index contributed by atoms with van der Waals surface area (Å²) in [5.41, 5.74) is 0. The predicted octanol–water partition coefficient (Wildman–Crippen LogP) is -1.19. The molecule has 0 aliphatic heterocycles. The molecule has 0 heterocycles. The molecule has 1 saturated carbocycles. The number of hydrogen-bond acceptors (Lipinski definition) is 1. The minimum atomic E-state index is -0.0197. The molecule has 1 rings (SSSR count). The normalized spacial score (nSPS) is 40.5. The first-order valence-corrected chi connectivity index (χ1v) is 3.90. The fraction of sp³-hybridized carbons (Fsp3) is 1.00. The molecule has 0 saturated heterocycles. The van der Waals surface area contributed by atoms with Gasteiger partial charge in [0.25, 0.3) is 0 Å². The van der Waals surface area contributed by atoms with Gasteiger partial charge in [-0.3, -0.25) is 0 Å². The summed E-state index contributed by atoms with van der Waals surface area (Å²) in [4.78, 5) is 0. The monoisotopic (exact) mass is 135 g/mol. The molecule has 10 heavy (non-hydrogen) atoms. The molecule has 0 aromatic rings. The van der Waals surface area contributed by atoms with Gasteiger partial charge in [0.2, 0.25) is 0 Å². The van der Waals surface area contributed by atoms with E-state index in [1.807, 2.05) is 0 Å². The van der Waals surface area contributed by atoms with Crippen molar-refractivity contribution in [1.82, 2.24) is 0 Å². The van der Waals surface area contributed by atoms with Crippen LogP contribution in [0.25, 0.3) is 0 Å². The molecule has 0 aromatic heterocycles. The zero-order valence-electron chi connectivity index (χ0n) is 7.30. The molecule has 0 radical (unpaired) electrons. The summed E-state index contributed by atoms with van der Waals surface area (Å²) >= 11 is 0. The van der Waals surface area contributed by atoms with Gasteiger partial charge in [-0.25, -0.2) is 0 Å². The van der Waals surface area contributed by atoms with Crippen molar-refractivity contribution in [1.29, 1.82) is 0 Å². The smallest absolute Gasteiger partial charge is 0.393 e. The first-order chi connectivity index (χ1) is 4.22. The third kappa shape index (κ3) is 2.31. The van der Waals surface area contributed by atoms with E-state index in [4.69, 9.17) is 0 Å². The van der Waals surface area contributed by atoms with Gasteiger partial charge in [-0.05, 0) is 18.3 Å². The molecule has 1 nitrogen and oxygen atoms in total. The first kappa shape index (κ1) is 10.6. The molecule has 0 spiro atoms. The van der Waals surface area contributed by atoms with E-state index < -0.39 is 0 Å². The standard InChI is InChI=1S/C8H16O.Li/c1-6-4-3-5-8(9)7(6)2;/h6-9H,3-5H2,1-2H3;/q;+1. The quantitative estimate of drug-likeness (QED) is 0.414. The second-order valence-corrected chi connectivity index (χ2v) is 3.33. The van der Waals surface area contributed by atoms with Crippen LogP contribution in [0, 0.1) is 11.8 Å². The molecule has 3 unspecified atom stereocenters. The molecule has 1 N–H and O–H groups in total. The van der Waals surface area contributed by atoms with E-state index in [0.717, 1.165) is 12.3 Å². The second-order valence-electron chi connectivity index (χ2n) is 3.33. The zero-order chi connectivity index (χ0) is 6.85. The second kappa shape index (κ2) is 4.44. The van der Waals surface area contributed by atoms with Crippen LogP contribution in [0.5, 0.6) is 0 Å². The Hall–Kier alpha value is 0.557. The van der Waals surface area contributed by atoms with Gasteiger partial charge in [0, 0.05) is 0 Å². The largest absolute Gasteiger partial charge is 1.00 e. The minimum absolute atomic E-state index is 0. The molecular weight excluding hydrogens is 119 g/mol. The molecular formula is C8H16LiO+. The van der Waals surface area contributed by atoms with Crippen LogP contribution in [0.2, 0.25) is 0 Å². The van der Waals surface area contributed by atoms with Gasteiger partial charge >= 0.3 is 18.9 Å². The van der Waals surface area contributed by atoms with E-state index in [2.05, 4.69) is 13.8 Å². The van der Waals surface area contributed by atoms with E-state index >= 15 is 0 Å². The summed E-state index contributed by atoms with van der Waals surface area (Å²) in [5, 5.41) is 9.35. The Morgan fingerprint density at radius 2 is 1.80 bits per heavy atom. The molecule has 2 heteroatoms. The van der Waals surface area contributed by atoms with Crippen molar-refractivity contribution in [2.45, 2.75) is 39.2 Å². The van der Waals surface area contributed by atoms with Crippen molar-refractivity contribution < 1.29 is 24.0 Å². The van der Waals surface area contributed by atoms with Gasteiger partial charge in [-0.2, -0.15) is 0 Å². The Morgan fingerprint density at radius 3 is 2.20 bits per heavy atom. The van der Waals surface area contributed by atoms with E-state index in [0.29, 0.717) is 5.92 Å². The minimum Gasteiger partial charge on any atom is -0.393 e. The Kier molecular flexibility index (Phi) is 4.69. The van der Waals surface area contributed by atoms with Gasteiger partial charge in [0.1, 0.15) is 0 Å². The molecule has 1 aliphatic rings. The molecule has 0 amide bonds. The summed E-state index contributed by atoms with van der Waals surface area (Å²) in [5.74, 6) is 1.26. The Morgan fingerprint density at radius 1 is 1.20 bits per heavy atom. The average Bonchev–Trinajstić information content (AvgIpc) is 1.83. The third-order valence-electron chi connectivity index (χ3n) is 2.66. The average molecular weight is 135 g/mol. The van der Waals surface area contributed by atoms with Crippen LogP contribution in [0.15, 0.2) is 0 Å². The summed E-state index contributed by atoms with van der Waals surface area (Å²) in [7, 11) is 0. The van der Waals surface area contributed by atoms with Crippen molar-refractivity contribution in [3.05, 3.63) is 0 Å². The van der Waals surface area contributed by atoms with Gasteiger partial charge in [0.05, 0.1) is 6.10 Å². The van der Waals surface area contributed by atoms with Crippen LogP contribution in [0.3, 0.4) is 0 Å². The zero-order valence-corrected chi connectivity index (χ0v) is 7.30. The summed E-state index contributed by atoms with van der Waals surface area (Å²) in [6, 6.07) is 0. The van der Waals surface area contributed by atoms with Crippen LogP contribution in [-0.4, -0.2) is 11.2 Å². The fourth-order valence-corrected chi connectivity index (χ4v) is 1.55. The van der Waals surface area contributed by atoms with Gasteiger partial charge in [0.15, 0.2) is 0 Å². The van der Waals surface area contributed by atoms with E-state index in [9.17, 15) is 5.11 Å². The number of aliphatic hydroxyl groups excluding tert-OH is 1. The maximum Gasteiger partial charge on any atom is 1.00 e. The molecule has 3 atom stereocenters. The molecule has 0 bridgehead atoms. The Labute approximate surface area is 75.4 Å². The molecule has 54 valence electrons. The maximum absolute atomic E-state index is 9.35. The topological polar surface area (TPSA) is 20.2 Å². The summed E-state index contributed by atoms with van der Waals surface area (Å²) in [6.07, 6.45) is 3.52. The maximum atomic E-state index is 9.35.